The molecule has 0 aromatic heterocycles. The number of fused-ring (bicyclic) bond motifs is 1. The van der Waals surface area contributed by atoms with E-state index in [1.165, 1.54) is 6.07 Å². The van der Waals surface area contributed by atoms with Gasteiger partial charge in [-0.05, 0) is 39.0 Å². The van der Waals surface area contributed by atoms with Crippen molar-refractivity contribution in [1.29, 1.82) is 5.41 Å². The van der Waals surface area contributed by atoms with Gasteiger partial charge in [0.2, 0.25) is 5.78 Å². The van der Waals surface area contributed by atoms with Crippen molar-refractivity contribution in [1.82, 2.24) is 0 Å². The molecular weight excluding hydrogens is 251 g/mol. The molecule has 100 valence electrons. The van der Waals surface area contributed by atoms with Crippen molar-refractivity contribution in [2.24, 2.45) is 0 Å². The molecule has 1 N–H and O–H groups in total. The third kappa shape index (κ3) is 2.33. The molecule has 1 heterocycles. The number of hydrogen-bond donors (Lipinski definition) is 1. The van der Waals surface area contributed by atoms with E-state index >= 15 is 0 Å². The SMILES string of the molecule is CC(C)(C)OC(=O)N1C(=N)C(=O)c2ccc(F)cc21. The van der Waals surface area contributed by atoms with Crippen LogP contribution in [0, 0.1) is 11.2 Å². The van der Waals surface area contributed by atoms with Crippen LogP contribution in [0.15, 0.2) is 18.2 Å². The zero-order valence-corrected chi connectivity index (χ0v) is 10.8. The molecule has 0 bridgehead atoms. The number of carbonyl (C=O) groups is 2. The van der Waals surface area contributed by atoms with Gasteiger partial charge in [0.15, 0.2) is 5.84 Å². The fourth-order valence-corrected chi connectivity index (χ4v) is 1.73. The van der Waals surface area contributed by atoms with E-state index in [0.717, 1.165) is 17.0 Å². The number of ketones is 1. The van der Waals surface area contributed by atoms with Crippen molar-refractivity contribution in [3.63, 3.8) is 0 Å². The summed E-state index contributed by atoms with van der Waals surface area (Å²) in [6, 6.07) is 3.41. The second-order valence-electron chi connectivity index (χ2n) is 5.15. The number of halogens is 1. The number of hydrogen-bond acceptors (Lipinski definition) is 4. The van der Waals surface area contributed by atoms with Crippen LogP contribution in [-0.4, -0.2) is 23.3 Å². The van der Waals surface area contributed by atoms with E-state index in [2.05, 4.69) is 0 Å². The lowest BCUT2D eigenvalue weighted by Crippen LogP contribution is -2.39. The van der Waals surface area contributed by atoms with E-state index in [0.29, 0.717) is 0 Å². The van der Waals surface area contributed by atoms with Gasteiger partial charge in [-0.1, -0.05) is 0 Å². The van der Waals surface area contributed by atoms with Crippen molar-refractivity contribution < 1.29 is 18.7 Å². The van der Waals surface area contributed by atoms with Gasteiger partial charge in [-0.25, -0.2) is 14.1 Å². The second-order valence-corrected chi connectivity index (χ2v) is 5.15. The van der Waals surface area contributed by atoms with Crippen LogP contribution in [0.1, 0.15) is 31.1 Å². The molecule has 0 saturated carbocycles. The zero-order valence-electron chi connectivity index (χ0n) is 10.8. The first kappa shape index (κ1) is 13.2. The van der Waals surface area contributed by atoms with Gasteiger partial charge in [-0.2, -0.15) is 0 Å². The van der Waals surface area contributed by atoms with Gasteiger partial charge in [0, 0.05) is 0 Å². The summed E-state index contributed by atoms with van der Waals surface area (Å²) in [7, 11) is 0. The highest BCUT2D eigenvalue weighted by Crippen LogP contribution is 2.31. The Labute approximate surface area is 109 Å². The molecular formula is C13H13FN2O3. The summed E-state index contributed by atoms with van der Waals surface area (Å²) in [6.07, 6.45) is -0.866. The molecule has 1 aliphatic rings. The van der Waals surface area contributed by atoms with Crippen LogP contribution in [-0.2, 0) is 4.74 Å². The number of nitrogens with zero attached hydrogens (tertiary/aromatic N) is 1. The van der Waals surface area contributed by atoms with E-state index in [9.17, 15) is 14.0 Å². The van der Waals surface area contributed by atoms with Gasteiger partial charge in [-0.3, -0.25) is 10.2 Å². The third-order valence-electron chi connectivity index (χ3n) is 2.46. The van der Waals surface area contributed by atoms with Crippen LogP contribution in [0.2, 0.25) is 0 Å². The first-order valence-electron chi connectivity index (χ1n) is 5.66. The standard InChI is InChI=1S/C13H13FN2O3/c1-13(2,3)19-12(18)16-9-6-7(14)4-5-8(9)10(17)11(16)15/h4-6,15H,1-3H3. The molecule has 0 fully saturated rings. The Kier molecular flexibility index (Phi) is 2.88. The van der Waals surface area contributed by atoms with Crippen molar-refractivity contribution >= 4 is 23.4 Å². The van der Waals surface area contributed by atoms with E-state index in [1.807, 2.05) is 0 Å². The predicted octanol–water partition coefficient (Wildman–Crippen LogP) is 2.74. The molecule has 1 aromatic rings. The summed E-state index contributed by atoms with van der Waals surface area (Å²) in [5, 5.41) is 7.66. The quantitative estimate of drug-likeness (QED) is 0.783. The smallest absolute Gasteiger partial charge is 0.420 e. The predicted molar refractivity (Wildman–Crippen MR) is 67.2 cm³/mol. The normalized spacial score (nSPS) is 14.6. The molecule has 0 spiro atoms. The zero-order chi connectivity index (χ0) is 14.4. The highest BCUT2D eigenvalue weighted by Gasteiger charge is 2.39. The molecule has 5 nitrogen and oxygen atoms in total. The molecule has 2 rings (SSSR count). The first-order valence-corrected chi connectivity index (χ1v) is 5.66. The monoisotopic (exact) mass is 264 g/mol. The number of benzene rings is 1. The van der Waals surface area contributed by atoms with Crippen LogP contribution in [0.4, 0.5) is 14.9 Å². The van der Waals surface area contributed by atoms with Crippen molar-refractivity contribution in [3.05, 3.63) is 29.6 Å². The van der Waals surface area contributed by atoms with Gasteiger partial charge in [0.25, 0.3) is 0 Å². The van der Waals surface area contributed by atoms with E-state index in [4.69, 9.17) is 10.1 Å². The van der Waals surface area contributed by atoms with Gasteiger partial charge in [0.05, 0.1) is 11.3 Å². The van der Waals surface area contributed by atoms with Crippen LogP contribution >= 0.6 is 0 Å². The summed E-state index contributed by atoms with van der Waals surface area (Å²) in [5.41, 5.74) is -0.599. The molecule has 6 heteroatoms. The van der Waals surface area contributed by atoms with Crippen molar-refractivity contribution in [3.8, 4) is 0 Å². The van der Waals surface area contributed by atoms with Crippen LogP contribution in [0.5, 0.6) is 0 Å². The van der Waals surface area contributed by atoms with E-state index in [-0.39, 0.29) is 11.3 Å². The Morgan fingerprint density at radius 3 is 2.58 bits per heavy atom. The molecule has 0 aliphatic carbocycles. The number of carbonyl (C=O) groups excluding carboxylic acids is 2. The minimum Gasteiger partial charge on any atom is -0.443 e. The molecule has 1 aromatic carbocycles. The van der Waals surface area contributed by atoms with Gasteiger partial charge < -0.3 is 4.74 Å². The third-order valence-corrected chi connectivity index (χ3v) is 2.46. The maximum absolute atomic E-state index is 13.2. The van der Waals surface area contributed by atoms with Gasteiger partial charge >= 0.3 is 6.09 Å². The summed E-state index contributed by atoms with van der Waals surface area (Å²) in [4.78, 5) is 24.6. The molecule has 1 aliphatic heterocycles. The topological polar surface area (TPSA) is 70.5 Å². The minimum atomic E-state index is -0.866. The molecule has 0 atom stereocenters. The Bertz CT molecular complexity index is 590. The summed E-state index contributed by atoms with van der Waals surface area (Å²) >= 11 is 0. The van der Waals surface area contributed by atoms with E-state index < -0.39 is 29.1 Å². The van der Waals surface area contributed by atoms with Crippen LogP contribution in [0.3, 0.4) is 0 Å². The molecule has 1 amide bonds. The van der Waals surface area contributed by atoms with Gasteiger partial charge in [0.1, 0.15) is 11.4 Å². The Balaban J connectivity index is 2.43. The number of nitrogens with one attached hydrogen (secondary N) is 1. The average molecular weight is 264 g/mol. The maximum Gasteiger partial charge on any atom is 0.420 e. The summed E-state index contributed by atoms with van der Waals surface area (Å²) in [6.45, 7) is 5.00. The number of amidine groups is 1. The molecule has 19 heavy (non-hydrogen) atoms. The largest absolute Gasteiger partial charge is 0.443 e. The fourth-order valence-electron chi connectivity index (χ4n) is 1.73. The average Bonchev–Trinajstić information content (AvgIpc) is 2.48. The lowest BCUT2D eigenvalue weighted by Gasteiger charge is -2.24. The van der Waals surface area contributed by atoms with E-state index in [1.54, 1.807) is 20.8 Å². The molecule has 0 unspecified atom stereocenters. The van der Waals surface area contributed by atoms with Crippen molar-refractivity contribution in [2.75, 3.05) is 4.90 Å². The van der Waals surface area contributed by atoms with Gasteiger partial charge in [-0.15, -0.1) is 0 Å². The van der Waals surface area contributed by atoms with Crippen molar-refractivity contribution in [2.45, 2.75) is 26.4 Å². The minimum absolute atomic E-state index is 0.0456. The maximum atomic E-state index is 13.2. The Morgan fingerprint density at radius 1 is 1.37 bits per heavy atom. The number of rotatable bonds is 0. The molecule has 0 radical (unpaired) electrons. The Hall–Kier alpha value is -2.24. The Morgan fingerprint density at radius 2 is 2.00 bits per heavy atom. The second kappa shape index (κ2) is 4.15. The summed E-state index contributed by atoms with van der Waals surface area (Å²) < 4.78 is 18.3. The van der Waals surface area contributed by atoms with Crippen LogP contribution in [0.25, 0.3) is 0 Å². The highest BCUT2D eigenvalue weighted by molar-refractivity contribution is 6.56. The highest BCUT2D eigenvalue weighted by atomic mass is 19.1. The number of ether oxygens (including phenoxy) is 1. The summed E-state index contributed by atoms with van der Waals surface area (Å²) in [5.74, 6) is -1.74. The fraction of sp³-hybridized carbons (Fsp3) is 0.308. The number of anilines is 1. The lowest BCUT2D eigenvalue weighted by atomic mass is 10.1. The number of amides is 1. The number of Topliss-reactive ketones (excluding diaryl/α,β-unsaturated/α-hetero) is 1. The first-order chi connectivity index (χ1) is 8.70. The molecule has 0 saturated heterocycles. The van der Waals surface area contributed by atoms with Crippen LogP contribution < -0.4 is 4.90 Å². The lowest BCUT2D eigenvalue weighted by molar-refractivity contribution is 0.0603.